The summed E-state index contributed by atoms with van der Waals surface area (Å²) in [5.41, 5.74) is 8.96. The summed E-state index contributed by atoms with van der Waals surface area (Å²) >= 11 is 5.04. The van der Waals surface area contributed by atoms with E-state index in [0.29, 0.717) is 5.25 Å². The summed E-state index contributed by atoms with van der Waals surface area (Å²) in [6, 6.07) is 8.54. The minimum atomic E-state index is 0.104. The van der Waals surface area contributed by atoms with E-state index >= 15 is 0 Å². The summed E-state index contributed by atoms with van der Waals surface area (Å²) in [5, 5.41) is 8.70. The number of fused-ring (bicyclic) bond motifs is 1. The smallest absolute Gasteiger partial charge is 0.175 e. The second-order valence-electron chi connectivity index (χ2n) is 4.12. The third-order valence-corrected chi connectivity index (χ3v) is 6.33. The molecule has 0 bridgehead atoms. The number of benzene rings is 1. The van der Waals surface area contributed by atoms with Gasteiger partial charge < -0.3 is 5.73 Å². The van der Waals surface area contributed by atoms with Crippen molar-refractivity contribution in [2.75, 3.05) is 6.26 Å². The molecule has 2 unspecified atom stereocenters. The van der Waals surface area contributed by atoms with E-state index in [1.54, 1.807) is 34.9 Å². The highest BCUT2D eigenvalue weighted by Crippen LogP contribution is 2.41. The fourth-order valence-corrected chi connectivity index (χ4v) is 5.03. The fraction of sp³-hybridized carbons (Fsp3) is 0.333. The van der Waals surface area contributed by atoms with Crippen molar-refractivity contribution >= 4 is 34.9 Å². The summed E-state index contributed by atoms with van der Waals surface area (Å²) in [6.45, 7) is 0. The predicted octanol–water partition coefficient (Wildman–Crippen LogP) is 2.98. The van der Waals surface area contributed by atoms with Gasteiger partial charge in [0.2, 0.25) is 0 Å². The molecule has 1 aliphatic carbocycles. The van der Waals surface area contributed by atoms with E-state index in [1.165, 1.54) is 11.1 Å². The van der Waals surface area contributed by atoms with Crippen molar-refractivity contribution in [3.63, 3.8) is 0 Å². The molecule has 0 aliphatic heterocycles. The third kappa shape index (κ3) is 2.30. The van der Waals surface area contributed by atoms with Gasteiger partial charge >= 0.3 is 0 Å². The Hall–Kier alpha value is -0.560. The molecule has 1 aromatic heterocycles. The van der Waals surface area contributed by atoms with Gasteiger partial charge in [0.25, 0.3) is 0 Å². The van der Waals surface area contributed by atoms with E-state index < -0.39 is 0 Å². The van der Waals surface area contributed by atoms with Crippen LogP contribution in [0.5, 0.6) is 0 Å². The van der Waals surface area contributed by atoms with Crippen LogP contribution in [-0.2, 0) is 6.42 Å². The Morgan fingerprint density at radius 1 is 1.28 bits per heavy atom. The summed E-state index contributed by atoms with van der Waals surface area (Å²) in [5.74, 6) is 0. The fourth-order valence-electron chi connectivity index (χ4n) is 2.16. The van der Waals surface area contributed by atoms with Gasteiger partial charge in [-0.1, -0.05) is 59.1 Å². The number of nitrogens with zero attached hydrogens (tertiary/aromatic N) is 2. The molecule has 0 saturated carbocycles. The Balaban J connectivity index is 1.76. The van der Waals surface area contributed by atoms with Crippen LogP contribution in [0.3, 0.4) is 0 Å². The highest BCUT2D eigenvalue weighted by atomic mass is 32.2. The zero-order valence-corrected chi connectivity index (χ0v) is 12.3. The maximum atomic E-state index is 6.31. The van der Waals surface area contributed by atoms with Crippen molar-refractivity contribution in [1.82, 2.24) is 10.2 Å². The predicted molar refractivity (Wildman–Crippen MR) is 78.4 cm³/mol. The summed E-state index contributed by atoms with van der Waals surface area (Å²) in [7, 11) is 0. The van der Waals surface area contributed by atoms with Crippen molar-refractivity contribution in [2.24, 2.45) is 5.73 Å². The van der Waals surface area contributed by atoms with Gasteiger partial charge in [0.05, 0.1) is 0 Å². The molecule has 2 atom stereocenters. The van der Waals surface area contributed by atoms with Crippen LogP contribution in [0.25, 0.3) is 0 Å². The number of nitrogens with two attached hydrogens (primary N) is 1. The van der Waals surface area contributed by atoms with E-state index in [0.717, 1.165) is 15.1 Å². The lowest BCUT2D eigenvalue weighted by Crippen LogP contribution is -2.18. The van der Waals surface area contributed by atoms with Crippen molar-refractivity contribution in [3.8, 4) is 0 Å². The number of aromatic nitrogens is 2. The van der Waals surface area contributed by atoms with Crippen molar-refractivity contribution < 1.29 is 0 Å². The molecule has 0 saturated heterocycles. The van der Waals surface area contributed by atoms with Gasteiger partial charge in [0, 0.05) is 11.3 Å². The van der Waals surface area contributed by atoms with E-state index in [-0.39, 0.29) is 6.04 Å². The molecular formula is C12H13N3S3. The average Bonchev–Trinajstić information content (AvgIpc) is 2.97. The Labute approximate surface area is 119 Å². The molecule has 0 amide bonds. The molecule has 18 heavy (non-hydrogen) atoms. The first kappa shape index (κ1) is 12.5. The molecule has 1 heterocycles. The van der Waals surface area contributed by atoms with E-state index in [2.05, 4.69) is 34.5 Å². The van der Waals surface area contributed by atoms with Gasteiger partial charge in [0.1, 0.15) is 0 Å². The molecular weight excluding hydrogens is 282 g/mol. The third-order valence-electron chi connectivity index (χ3n) is 3.05. The van der Waals surface area contributed by atoms with Crippen LogP contribution < -0.4 is 5.73 Å². The van der Waals surface area contributed by atoms with E-state index in [9.17, 15) is 0 Å². The maximum absolute atomic E-state index is 6.31. The summed E-state index contributed by atoms with van der Waals surface area (Å²) in [6.07, 6.45) is 3.04. The zero-order valence-electron chi connectivity index (χ0n) is 9.87. The largest absolute Gasteiger partial charge is 0.323 e. The lowest BCUT2D eigenvalue weighted by atomic mass is 10.1. The quantitative estimate of drug-likeness (QED) is 0.882. The number of hydrogen-bond donors (Lipinski definition) is 1. The lowest BCUT2D eigenvalue weighted by molar-refractivity contribution is 0.730. The minimum absolute atomic E-state index is 0.104. The molecule has 94 valence electrons. The van der Waals surface area contributed by atoms with E-state index in [4.69, 9.17) is 5.73 Å². The van der Waals surface area contributed by atoms with Crippen molar-refractivity contribution in [3.05, 3.63) is 35.4 Å². The maximum Gasteiger partial charge on any atom is 0.175 e. The SMILES string of the molecule is CSc1nnc(SC2Cc3ccccc3C2N)s1. The Morgan fingerprint density at radius 2 is 2.06 bits per heavy atom. The monoisotopic (exact) mass is 295 g/mol. The molecule has 0 fully saturated rings. The normalized spacial score (nSPS) is 22.1. The Kier molecular flexibility index (Phi) is 3.61. The van der Waals surface area contributed by atoms with Gasteiger partial charge in [-0.05, 0) is 23.8 Å². The molecule has 3 rings (SSSR count). The average molecular weight is 295 g/mol. The highest BCUT2D eigenvalue weighted by Gasteiger charge is 2.30. The zero-order chi connectivity index (χ0) is 12.5. The van der Waals surface area contributed by atoms with Crippen molar-refractivity contribution in [1.29, 1.82) is 0 Å². The number of thioether (sulfide) groups is 2. The number of hydrogen-bond acceptors (Lipinski definition) is 6. The van der Waals surface area contributed by atoms with Crippen LogP contribution >= 0.6 is 34.9 Å². The second-order valence-corrected chi connectivity index (χ2v) is 7.64. The molecule has 2 aromatic rings. The lowest BCUT2D eigenvalue weighted by Gasteiger charge is -2.13. The van der Waals surface area contributed by atoms with E-state index in [1.807, 2.05) is 6.26 Å². The topological polar surface area (TPSA) is 51.8 Å². The highest BCUT2D eigenvalue weighted by molar-refractivity contribution is 8.03. The molecule has 2 N–H and O–H groups in total. The first-order chi connectivity index (χ1) is 8.78. The minimum Gasteiger partial charge on any atom is -0.323 e. The van der Waals surface area contributed by atoms with Crippen LogP contribution in [0.2, 0.25) is 0 Å². The molecule has 6 heteroatoms. The number of rotatable bonds is 3. The van der Waals surface area contributed by atoms with Crippen LogP contribution in [0.1, 0.15) is 17.2 Å². The molecule has 1 aliphatic rings. The van der Waals surface area contributed by atoms with Crippen LogP contribution in [-0.4, -0.2) is 21.7 Å². The molecule has 1 aromatic carbocycles. The first-order valence-corrected chi connectivity index (χ1v) is 8.57. The van der Waals surface area contributed by atoms with Crippen LogP contribution in [0.4, 0.5) is 0 Å². The summed E-state index contributed by atoms with van der Waals surface area (Å²) in [4.78, 5) is 0. The molecule has 0 spiro atoms. The van der Waals surface area contributed by atoms with Gasteiger partial charge in [-0.3, -0.25) is 0 Å². The van der Waals surface area contributed by atoms with Crippen LogP contribution in [0, 0.1) is 0 Å². The van der Waals surface area contributed by atoms with Gasteiger partial charge in [-0.2, -0.15) is 0 Å². The van der Waals surface area contributed by atoms with Gasteiger partial charge in [-0.25, -0.2) is 0 Å². The molecule has 0 radical (unpaired) electrons. The van der Waals surface area contributed by atoms with Gasteiger partial charge in [-0.15, -0.1) is 10.2 Å². The second kappa shape index (κ2) is 5.21. The standard InChI is InChI=1S/C12H13N3S3/c1-16-11-14-15-12(18-11)17-9-6-7-4-2-3-5-8(7)10(9)13/h2-5,9-10H,6,13H2,1H3. The first-order valence-electron chi connectivity index (χ1n) is 5.65. The molecule has 3 nitrogen and oxygen atoms in total. The van der Waals surface area contributed by atoms with Crippen molar-refractivity contribution in [2.45, 2.75) is 26.4 Å². The Morgan fingerprint density at radius 3 is 2.78 bits per heavy atom. The van der Waals surface area contributed by atoms with Gasteiger partial charge in [0.15, 0.2) is 8.68 Å². The Bertz CT molecular complexity index is 555. The van der Waals surface area contributed by atoms with Crippen LogP contribution in [0.15, 0.2) is 32.9 Å². The summed E-state index contributed by atoms with van der Waals surface area (Å²) < 4.78 is 2.04.